The van der Waals surface area contributed by atoms with Crippen LogP contribution in [0.2, 0.25) is 0 Å². The highest BCUT2D eigenvalue weighted by Gasteiger charge is 2.30. The largest absolute Gasteiger partial charge is 0.351 e. The van der Waals surface area contributed by atoms with E-state index in [0.717, 1.165) is 19.4 Å². The molecule has 2 aliphatic rings. The van der Waals surface area contributed by atoms with E-state index in [-0.39, 0.29) is 5.92 Å². The second kappa shape index (κ2) is 7.28. The molecule has 3 nitrogen and oxygen atoms in total. The number of carbonyl (C=O) groups is 1. The molecule has 0 aromatic rings. The van der Waals surface area contributed by atoms with Crippen molar-refractivity contribution in [3.05, 3.63) is 0 Å². The Hall–Kier alpha value is -0.570. The smallest absolute Gasteiger partial charge is 0.223 e. The summed E-state index contributed by atoms with van der Waals surface area (Å²) in [6.45, 7) is 5.54. The molecule has 3 unspecified atom stereocenters. The van der Waals surface area contributed by atoms with E-state index < -0.39 is 0 Å². The fourth-order valence-electron chi connectivity index (χ4n) is 3.61. The number of carbonyl (C=O) groups excluding carboxylic acids is 1. The van der Waals surface area contributed by atoms with Crippen molar-refractivity contribution in [3.8, 4) is 0 Å². The minimum Gasteiger partial charge on any atom is -0.351 e. The number of hydrogen-bond donors (Lipinski definition) is 2. The van der Waals surface area contributed by atoms with Gasteiger partial charge in [-0.3, -0.25) is 4.79 Å². The van der Waals surface area contributed by atoms with Crippen LogP contribution in [-0.2, 0) is 4.79 Å². The Balaban J connectivity index is 1.87. The van der Waals surface area contributed by atoms with Crippen molar-refractivity contribution >= 4 is 5.91 Å². The summed E-state index contributed by atoms with van der Waals surface area (Å²) in [4.78, 5) is 12.5. The van der Waals surface area contributed by atoms with Crippen molar-refractivity contribution in [1.82, 2.24) is 10.6 Å². The van der Waals surface area contributed by atoms with Crippen LogP contribution in [0.3, 0.4) is 0 Å². The molecule has 1 aliphatic heterocycles. The molecular formula is C16H30N2O. The maximum atomic E-state index is 12.5. The third kappa shape index (κ3) is 4.20. The number of hydrogen-bond acceptors (Lipinski definition) is 2. The predicted molar refractivity (Wildman–Crippen MR) is 79.0 cm³/mol. The van der Waals surface area contributed by atoms with E-state index >= 15 is 0 Å². The Morgan fingerprint density at radius 2 is 1.63 bits per heavy atom. The van der Waals surface area contributed by atoms with Gasteiger partial charge in [-0.2, -0.15) is 0 Å². The first-order valence-electron chi connectivity index (χ1n) is 8.22. The van der Waals surface area contributed by atoms with Gasteiger partial charge in [0.25, 0.3) is 0 Å². The van der Waals surface area contributed by atoms with E-state index in [2.05, 4.69) is 24.5 Å². The van der Waals surface area contributed by atoms with Crippen molar-refractivity contribution in [3.63, 3.8) is 0 Å². The topological polar surface area (TPSA) is 41.1 Å². The second-order valence-electron chi connectivity index (χ2n) is 6.59. The van der Waals surface area contributed by atoms with Crippen LogP contribution < -0.4 is 10.6 Å². The molecule has 2 N–H and O–H groups in total. The summed E-state index contributed by atoms with van der Waals surface area (Å²) in [6.07, 6.45) is 9.78. The lowest BCUT2D eigenvalue weighted by atomic mass is 9.87. The van der Waals surface area contributed by atoms with Crippen molar-refractivity contribution in [2.24, 2.45) is 11.8 Å². The molecule has 2 fully saturated rings. The maximum Gasteiger partial charge on any atom is 0.223 e. The van der Waals surface area contributed by atoms with Crippen LogP contribution in [0, 0.1) is 11.8 Å². The molecule has 1 saturated heterocycles. The monoisotopic (exact) mass is 266 g/mol. The summed E-state index contributed by atoms with van der Waals surface area (Å²) < 4.78 is 0. The molecule has 1 amide bonds. The Bertz CT molecular complexity index is 274. The summed E-state index contributed by atoms with van der Waals surface area (Å²) >= 11 is 0. The molecule has 19 heavy (non-hydrogen) atoms. The summed E-state index contributed by atoms with van der Waals surface area (Å²) in [6, 6.07) is 0.716. The summed E-state index contributed by atoms with van der Waals surface area (Å²) in [5.41, 5.74) is 0. The van der Waals surface area contributed by atoms with Gasteiger partial charge in [0.15, 0.2) is 0 Å². The molecule has 0 aromatic carbocycles. The first-order chi connectivity index (χ1) is 9.18. The van der Waals surface area contributed by atoms with Gasteiger partial charge in [0, 0.05) is 18.0 Å². The average molecular weight is 266 g/mol. The van der Waals surface area contributed by atoms with Crippen LogP contribution >= 0.6 is 0 Å². The number of nitrogens with one attached hydrogen (secondary N) is 2. The SMILES string of the molecule is CC1CCNC(C)C1NC(=O)C1CCCCCCC1. The molecule has 0 bridgehead atoms. The van der Waals surface area contributed by atoms with E-state index in [1.54, 1.807) is 0 Å². The van der Waals surface area contributed by atoms with Crippen LogP contribution in [0.15, 0.2) is 0 Å². The highest BCUT2D eigenvalue weighted by Crippen LogP contribution is 2.24. The lowest BCUT2D eigenvalue weighted by Crippen LogP contribution is -2.56. The Kier molecular flexibility index (Phi) is 5.68. The minimum atomic E-state index is 0.265. The molecule has 3 atom stereocenters. The minimum absolute atomic E-state index is 0.265. The van der Waals surface area contributed by atoms with Gasteiger partial charge < -0.3 is 10.6 Å². The van der Waals surface area contributed by atoms with E-state index in [0.29, 0.717) is 23.9 Å². The lowest BCUT2D eigenvalue weighted by molar-refractivity contribution is -0.127. The van der Waals surface area contributed by atoms with Crippen LogP contribution in [0.25, 0.3) is 0 Å². The quantitative estimate of drug-likeness (QED) is 0.807. The Morgan fingerprint density at radius 1 is 1.00 bits per heavy atom. The lowest BCUT2D eigenvalue weighted by Gasteiger charge is -2.37. The molecule has 110 valence electrons. The third-order valence-electron chi connectivity index (χ3n) is 5.00. The molecule has 0 spiro atoms. The van der Waals surface area contributed by atoms with Crippen molar-refractivity contribution in [2.75, 3.05) is 6.54 Å². The van der Waals surface area contributed by atoms with Crippen LogP contribution in [0.5, 0.6) is 0 Å². The average Bonchev–Trinajstić information content (AvgIpc) is 2.33. The predicted octanol–water partition coefficient (Wildman–Crippen LogP) is 2.85. The van der Waals surface area contributed by atoms with Crippen LogP contribution in [0.1, 0.15) is 65.2 Å². The van der Waals surface area contributed by atoms with Crippen LogP contribution in [-0.4, -0.2) is 24.5 Å². The highest BCUT2D eigenvalue weighted by atomic mass is 16.1. The fourth-order valence-corrected chi connectivity index (χ4v) is 3.61. The van der Waals surface area contributed by atoms with Gasteiger partial charge in [0.2, 0.25) is 5.91 Å². The van der Waals surface area contributed by atoms with E-state index in [1.165, 1.54) is 38.5 Å². The summed E-state index contributed by atoms with van der Waals surface area (Å²) in [5.74, 6) is 1.17. The molecule has 1 saturated carbocycles. The van der Waals surface area contributed by atoms with Gasteiger partial charge in [0.1, 0.15) is 0 Å². The van der Waals surface area contributed by atoms with Gasteiger partial charge >= 0.3 is 0 Å². The zero-order chi connectivity index (χ0) is 13.7. The summed E-state index contributed by atoms with van der Waals surface area (Å²) in [7, 11) is 0. The molecule has 3 heteroatoms. The number of piperidine rings is 1. The first kappa shape index (κ1) is 14.8. The standard InChI is InChI=1S/C16H30N2O/c1-12-10-11-17-13(2)15(12)18-16(19)14-8-6-4-3-5-7-9-14/h12-15,17H,3-11H2,1-2H3,(H,18,19). The van der Waals surface area contributed by atoms with Crippen molar-refractivity contribution in [1.29, 1.82) is 0 Å². The zero-order valence-corrected chi connectivity index (χ0v) is 12.6. The van der Waals surface area contributed by atoms with Crippen molar-refractivity contribution in [2.45, 2.75) is 77.3 Å². The van der Waals surface area contributed by atoms with Gasteiger partial charge in [-0.15, -0.1) is 0 Å². The van der Waals surface area contributed by atoms with Gasteiger partial charge in [-0.25, -0.2) is 0 Å². The highest BCUT2D eigenvalue weighted by molar-refractivity contribution is 5.79. The van der Waals surface area contributed by atoms with Crippen LogP contribution in [0.4, 0.5) is 0 Å². The summed E-state index contributed by atoms with van der Waals surface area (Å²) in [5, 5.41) is 6.81. The molecule has 2 rings (SSSR count). The second-order valence-corrected chi connectivity index (χ2v) is 6.59. The fraction of sp³-hybridized carbons (Fsp3) is 0.938. The molecule has 1 heterocycles. The molecule has 1 aliphatic carbocycles. The van der Waals surface area contributed by atoms with E-state index in [9.17, 15) is 4.79 Å². The van der Waals surface area contributed by atoms with Gasteiger partial charge in [-0.1, -0.05) is 39.0 Å². The molecule has 0 aromatic heterocycles. The normalized spacial score (nSPS) is 34.3. The van der Waals surface area contributed by atoms with E-state index in [4.69, 9.17) is 0 Å². The third-order valence-corrected chi connectivity index (χ3v) is 5.00. The van der Waals surface area contributed by atoms with Crippen molar-refractivity contribution < 1.29 is 4.79 Å². The van der Waals surface area contributed by atoms with Gasteiger partial charge in [0.05, 0.1) is 0 Å². The Labute approximate surface area is 117 Å². The first-order valence-corrected chi connectivity index (χ1v) is 8.22. The zero-order valence-electron chi connectivity index (χ0n) is 12.6. The number of amides is 1. The number of rotatable bonds is 2. The van der Waals surface area contributed by atoms with Gasteiger partial charge in [-0.05, 0) is 38.6 Å². The molecular weight excluding hydrogens is 236 g/mol. The Morgan fingerprint density at radius 3 is 2.26 bits per heavy atom. The molecule has 0 radical (unpaired) electrons. The maximum absolute atomic E-state index is 12.5. The van der Waals surface area contributed by atoms with E-state index in [1.807, 2.05) is 0 Å².